The van der Waals surface area contributed by atoms with Gasteiger partial charge in [0.15, 0.2) is 5.82 Å². The van der Waals surface area contributed by atoms with Gasteiger partial charge in [0.25, 0.3) is 5.91 Å². The standard InChI is InChI=1S/C24H26F5N5O2/c1-13-12-34(8-7-33(13)2)18-10-17(25)20(14-3-5-30-6-4-14)21(26)22(18)32-23(36)15-11-31-19(35)9-16(15)24(27,28)29/h3,9-11,13,30H,4-8,12H2,1-2H3,(H,31,35)(H,32,36)/t13-/m0/s1. The molecule has 0 radical (unpaired) electrons. The number of carbonyl (C=O) groups excluding carboxylic acids is 1. The number of aromatic amines is 1. The molecular formula is C24H26F5N5O2. The Morgan fingerprint density at radius 3 is 2.58 bits per heavy atom. The SMILES string of the molecule is C[C@H]1CN(c2cc(F)c(C3=CCNCC3)c(F)c2NC(=O)c2c[nH]c(=O)cc2C(F)(F)F)CCN1C. The zero-order chi connectivity index (χ0) is 26.2. The fraction of sp³-hybridized carbons (Fsp3) is 0.417. The van der Waals surface area contributed by atoms with Crippen LogP contribution in [-0.4, -0.2) is 61.6 Å². The first kappa shape index (κ1) is 25.8. The van der Waals surface area contributed by atoms with Gasteiger partial charge in [0, 0.05) is 50.6 Å². The van der Waals surface area contributed by atoms with Crippen LogP contribution in [0.25, 0.3) is 5.57 Å². The number of amides is 1. The van der Waals surface area contributed by atoms with E-state index in [2.05, 4.69) is 20.5 Å². The van der Waals surface area contributed by atoms with Gasteiger partial charge in [0.2, 0.25) is 5.56 Å². The summed E-state index contributed by atoms with van der Waals surface area (Å²) in [5.74, 6) is -3.16. The normalized spacial score (nSPS) is 19.2. The molecule has 0 spiro atoms. The number of hydrogen-bond acceptors (Lipinski definition) is 5. The molecule has 36 heavy (non-hydrogen) atoms. The lowest BCUT2D eigenvalue weighted by atomic mass is 9.97. The monoisotopic (exact) mass is 511 g/mol. The summed E-state index contributed by atoms with van der Waals surface area (Å²) in [6, 6.07) is 1.41. The zero-order valence-corrected chi connectivity index (χ0v) is 19.7. The molecule has 1 fully saturated rings. The molecule has 1 aromatic carbocycles. The van der Waals surface area contributed by atoms with Crippen LogP contribution in [0, 0.1) is 11.6 Å². The van der Waals surface area contributed by atoms with E-state index in [0.29, 0.717) is 50.9 Å². The van der Waals surface area contributed by atoms with Crippen LogP contribution in [-0.2, 0) is 6.18 Å². The Labute approximate surface area is 204 Å². The van der Waals surface area contributed by atoms with Crippen LogP contribution in [0.2, 0.25) is 0 Å². The molecule has 7 nitrogen and oxygen atoms in total. The first-order valence-electron chi connectivity index (χ1n) is 11.5. The third-order valence-corrected chi connectivity index (χ3v) is 6.60. The number of carbonyl (C=O) groups is 1. The van der Waals surface area contributed by atoms with E-state index in [-0.39, 0.29) is 23.4 Å². The first-order valence-corrected chi connectivity index (χ1v) is 11.5. The lowest BCUT2D eigenvalue weighted by molar-refractivity contribution is -0.138. The predicted molar refractivity (Wildman–Crippen MR) is 126 cm³/mol. The lowest BCUT2D eigenvalue weighted by Crippen LogP contribution is -2.50. The molecule has 0 unspecified atom stereocenters. The second-order valence-electron chi connectivity index (χ2n) is 8.98. The highest BCUT2D eigenvalue weighted by atomic mass is 19.4. The summed E-state index contributed by atoms with van der Waals surface area (Å²) >= 11 is 0. The number of anilines is 2. The van der Waals surface area contributed by atoms with Crippen molar-refractivity contribution < 1.29 is 26.7 Å². The van der Waals surface area contributed by atoms with E-state index in [1.54, 1.807) is 11.0 Å². The number of hydrogen-bond donors (Lipinski definition) is 3. The summed E-state index contributed by atoms with van der Waals surface area (Å²) in [6.45, 7) is 4.18. The first-order chi connectivity index (χ1) is 17.0. The number of benzene rings is 1. The van der Waals surface area contributed by atoms with E-state index < -0.39 is 46.1 Å². The van der Waals surface area contributed by atoms with Crippen LogP contribution in [0.5, 0.6) is 0 Å². The van der Waals surface area contributed by atoms with Gasteiger partial charge in [-0.1, -0.05) is 6.08 Å². The summed E-state index contributed by atoms with van der Waals surface area (Å²) in [5, 5.41) is 5.31. The molecular weight excluding hydrogens is 485 g/mol. The van der Waals surface area contributed by atoms with Gasteiger partial charge in [-0.2, -0.15) is 13.2 Å². The van der Waals surface area contributed by atoms with Crippen molar-refractivity contribution in [3.8, 4) is 0 Å². The largest absolute Gasteiger partial charge is 0.417 e. The average molecular weight is 511 g/mol. The van der Waals surface area contributed by atoms with Crippen molar-refractivity contribution in [2.24, 2.45) is 0 Å². The molecule has 2 aliphatic heterocycles. The van der Waals surface area contributed by atoms with E-state index in [0.717, 1.165) is 6.07 Å². The van der Waals surface area contributed by atoms with Gasteiger partial charge >= 0.3 is 6.18 Å². The number of piperazine rings is 1. The number of alkyl halides is 3. The van der Waals surface area contributed by atoms with E-state index in [1.165, 1.54) is 0 Å². The second-order valence-corrected chi connectivity index (χ2v) is 8.98. The Kier molecular flexibility index (Phi) is 7.19. The number of aromatic nitrogens is 1. The number of pyridine rings is 1. The van der Waals surface area contributed by atoms with E-state index in [9.17, 15) is 22.8 Å². The molecule has 3 N–H and O–H groups in total. The molecule has 12 heteroatoms. The third-order valence-electron chi connectivity index (χ3n) is 6.60. The van der Waals surface area contributed by atoms with Crippen molar-refractivity contribution in [3.63, 3.8) is 0 Å². The molecule has 1 amide bonds. The minimum Gasteiger partial charge on any atom is -0.367 e. The summed E-state index contributed by atoms with van der Waals surface area (Å²) in [5.41, 5.74) is -3.68. The van der Waals surface area contributed by atoms with Gasteiger partial charge in [0.1, 0.15) is 11.5 Å². The summed E-state index contributed by atoms with van der Waals surface area (Å²) in [6.07, 6.45) is -2.39. The van der Waals surface area contributed by atoms with Gasteiger partial charge in [0.05, 0.1) is 22.4 Å². The van der Waals surface area contributed by atoms with E-state index in [4.69, 9.17) is 0 Å². The van der Waals surface area contributed by atoms with Crippen molar-refractivity contribution >= 4 is 22.9 Å². The maximum absolute atomic E-state index is 15.9. The molecule has 1 aromatic heterocycles. The van der Waals surface area contributed by atoms with Crippen molar-refractivity contribution in [1.29, 1.82) is 0 Å². The minimum atomic E-state index is -5.00. The third kappa shape index (κ3) is 5.14. The highest BCUT2D eigenvalue weighted by molar-refractivity contribution is 6.07. The summed E-state index contributed by atoms with van der Waals surface area (Å²) in [7, 11) is 1.91. The molecule has 2 aliphatic rings. The molecule has 194 valence electrons. The fourth-order valence-electron chi connectivity index (χ4n) is 4.46. The van der Waals surface area contributed by atoms with Gasteiger partial charge < -0.3 is 25.4 Å². The second kappa shape index (κ2) is 10.0. The zero-order valence-electron chi connectivity index (χ0n) is 19.7. The Bertz CT molecular complexity index is 1260. The van der Waals surface area contributed by atoms with Crippen molar-refractivity contribution in [2.75, 3.05) is 50.0 Å². The number of nitrogens with one attached hydrogen (secondary N) is 3. The quantitative estimate of drug-likeness (QED) is 0.549. The Balaban J connectivity index is 1.82. The summed E-state index contributed by atoms with van der Waals surface area (Å²) < 4.78 is 71.8. The maximum atomic E-state index is 15.9. The van der Waals surface area contributed by atoms with Crippen LogP contribution in [0.3, 0.4) is 0 Å². The van der Waals surface area contributed by atoms with Crippen molar-refractivity contribution in [1.82, 2.24) is 15.2 Å². The predicted octanol–water partition coefficient (Wildman–Crippen LogP) is 3.44. The Hall–Kier alpha value is -3.25. The molecule has 2 aromatic rings. The lowest BCUT2D eigenvalue weighted by Gasteiger charge is -2.40. The number of nitrogens with zero attached hydrogens (tertiary/aromatic N) is 2. The number of halogens is 5. The summed E-state index contributed by atoms with van der Waals surface area (Å²) in [4.78, 5) is 30.3. The van der Waals surface area contributed by atoms with Crippen molar-refractivity contribution in [2.45, 2.75) is 25.6 Å². The minimum absolute atomic E-state index is 0.0243. The average Bonchev–Trinajstić information content (AvgIpc) is 2.82. The van der Waals surface area contributed by atoms with Gasteiger partial charge in [-0.3, -0.25) is 9.59 Å². The molecule has 0 aliphatic carbocycles. The number of likely N-dealkylation sites (N-methyl/N-ethyl adjacent to an activating group) is 1. The molecule has 1 atom stereocenters. The van der Waals surface area contributed by atoms with Crippen molar-refractivity contribution in [3.05, 3.63) is 63.1 Å². The van der Waals surface area contributed by atoms with E-state index >= 15 is 8.78 Å². The number of rotatable bonds is 4. The molecule has 3 heterocycles. The van der Waals surface area contributed by atoms with Crippen LogP contribution in [0.4, 0.5) is 33.3 Å². The number of H-pyrrole nitrogens is 1. The van der Waals surface area contributed by atoms with Gasteiger partial charge in [-0.05, 0) is 32.5 Å². The topological polar surface area (TPSA) is 80.5 Å². The van der Waals surface area contributed by atoms with Crippen LogP contribution in [0.1, 0.15) is 34.8 Å². The van der Waals surface area contributed by atoms with E-state index in [1.807, 2.05) is 14.0 Å². The van der Waals surface area contributed by atoms with Gasteiger partial charge in [-0.25, -0.2) is 8.78 Å². The Morgan fingerprint density at radius 1 is 1.19 bits per heavy atom. The van der Waals surface area contributed by atoms with Gasteiger partial charge in [-0.15, -0.1) is 0 Å². The van der Waals surface area contributed by atoms with Crippen LogP contribution in [0.15, 0.2) is 29.2 Å². The highest BCUT2D eigenvalue weighted by Gasteiger charge is 2.37. The fourth-order valence-corrected chi connectivity index (χ4v) is 4.46. The van der Waals surface area contributed by atoms with Crippen LogP contribution < -0.4 is 21.1 Å². The smallest absolute Gasteiger partial charge is 0.367 e. The highest BCUT2D eigenvalue weighted by Crippen LogP contribution is 2.39. The molecule has 0 bridgehead atoms. The maximum Gasteiger partial charge on any atom is 0.417 e. The molecule has 4 rings (SSSR count). The molecule has 0 saturated carbocycles. The van der Waals surface area contributed by atoms with Crippen LogP contribution >= 0.6 is 0 Å². The Morgan fingerprint density at radius 2 is 1.94 bits per heavy atom. The molecule has 1 saturated heterocycles.